The number of alkyl halides is 2. The molecular weight excluding hydrogens is 859 g/mol. The first-order valence-electron chi connectivity index (χ1n) is 22.2. The minimum absolute atomic E-state index is 0.0160. The van der Waals surface area contributed by atoms with Gasteiger partial charge in [-0.1, -0.05) is 64.1 Å². The van der Waals surface area contributed by atoms with Gasteiger partial charge in [-0.05, 0) is 74.6 Å². The Kier molecular flexibility index (Phi) is 18.3. The standard InChI is InChI=1S/2C24H30ClN3O4/c2*1-15(2)10-18(12-22(30)20-11-16-6-3-4-8-19(16)26-20)24(32)27-28(23(31)13-25)14-17-7-5-9-21(17)29/h2*3-4,6,8,11,15,17-18,26H,5,7,9-10,12-14H2,1-2H3,(H,27,32)/t17-,18+;17-,18-/m01/s1. The molecule has 0 radical (unpaired) electrons. The normalized spacial score (nSPS) is 17.0. The van der Waals surface area contributed by atoms with E-state index >= 15 is 0 Å². The van der Waals surface area contributed by atoms with Gasteiger partial charge < -0.3 is 9.97 Å². The number of amides is 4. The van der Waals surface area contributed by atoms with E-state index in [0.29, 0.717) is 49.9 Å². The molecule has 2 aliphatic carbocycles. The Balaban J connectivity index is 0.000000241. The lowest BCUT2D eigenvalue weighted by molar-refractivity contribution is -0.143. The van der Waals surface area contributed by atoms with Gasteiger partial charge in [0.1, 0.15) is 23.3 Å². The van der Waals surface area contributed by atoms with E-state index in [4.69, 9.17) is 23.2 Å². The number of hydrazine groups is 2. The Morgan fingerprint density at radius 2 is 1.00 bits per heavy atom. The summed E-state index contributed by atoms with van der Waals surface area (Å²) in [6.07, 6.45) is 4.96. The van der Waals surface area contributed by atoms with Crippen LogP contribution in [0, 0.1) is 35.5 Å². The Hall–Kier alpha value is -5.34. The van der Waals surface area contributed by atoms with Gasteiger partial charge in [-0.3, -0.25) is 59.2 Å². The molecule has 0 bridgehead atoms. The second-order valence-corrected chi connectivity index (χ2v) is 18.3. The number of hydrogen-bond acceptors (Lipinski definition) is 8. The van der Waals surface area contributed by atoms with Crippen molar-refractivity contribution in [2.45, 2.75) is 91.9 Å². The Morgan fingerprint density at radius 1 is 0.625 bits per heavy atom. The number of aromatic amines is 2. The number of fused-ring (bicyclic) bond motifs is 2. The molecule has 4 N–H and O–H groups in total. The van der Waals surface area contributed by atoms with Crippen LogP contribution in [0.15, 0.2) is 60.7 Å². The molecule has 4 amide bonds. The number of carbonyl (C=O) groups is 8. The summed E-state index contributed by atoms with van der Waals surface area (Å²) in [6.45, 7) is 8.14. The van der Waals surface area contributed by atoms with Gasteiger partial charge in [0.05, 0.1) is 24.5 Å². The van der Waals surface area contributed by atoms with Gasteiger partial charge in [0.15, 0.2) is 11.6 Å². The average molecular weight is 920 g/mol. The van der Waals surface area contributed by atoms with Crippen molar-refractivity contribution in [2.75, 3.05) is 24.8 Å². The molecule has 0 unspecified atom stereocenters. The number of benzene rings is 2. The van der Waals surface area contributed by atoms with Crippen molar-refractivity contribution in [1.82, 2.24) is 30.8 Å². The third kappa shape index (κ3) is 13.8. The van der Waals surface area contributed by atoms with Crippen LogP contribution in [0.3, 0.4) is 0 Å². The Morgan fingerprint density at radius 3 is 1.31 bits per heavy atom. The number of halogens is 2. The van der Waals surface area contributed by atoms with E-state index in [1.165, 1.54) is 0 Å². The predicted octanol–water partition coefficient (Wildman–Crippen LogP) is 7.74. The maximum absolute atomic E-state index is 13.1. The number of rotatable bonds is 18. The van der Waals surface area contributed by atoms with E-state index in [2.05, 4.69) is 20.8 Å². The zero-order chi connectivity index (χ0) is 46.5. The van der Waals surface area contributed by atoms with E-state index in [1.54, 1.807) is 12.1 Å². The van der Waals surface area contributed by atoms with Crippen LogP contribution in [0.1, 0.15) is 113 Å². The predicted molar refractivity (Wildman–Crippen MR) is 246 cm³/mol. The number of carbonyl (C=O) groups excluding carboxylic acids is 8. The molecular formula is C48H60Cl2N6O8. The van der Waals surface area contributed by atoms with Crippen molar-refractivity contribution in [1.29, 1.82) is 0 Å². The van der Waals surface area contributed by atoms with Crippen LogP contribution >= 0.6 is 23.2 Å². The van der Waals surface area contributed by atoms with Gasteiger partial charge in [0.25, 0.3) is 11.8 Å². The number of Topliss-reactive ketones (excluding diaryl/α,β-unsaturated/α-hetero) is 4. The third-order valence-electron chi connectivity index (χ3n) is 11.8. The molecule has 2 aromatic carbocycles. The van der Waals surface area contributed by atoms with Crippen molar-refractivity contribution in [3.63, 3.8) is 0 Å². The number of nitrogens with one attached hydrogen (secondary N) is 4. The van der Waals surface area contributed by atoms with E-state index in [-0.39, 0.29) is 84.5 Å². The minimum atomic E-state index is -0.612. The van der Waals surface area contributed by atoms with E-state index in [1.807, 2.05) is 76.2 Å². The molecule has 2 aromatic heterocycles. The lowest BCUT2D eigenvalue weighted by Gasteiger charge is -2.27. The first kappa shape index (κ1) is 49.7. The summed E-state index contributed by atoms with van der Waals surface area (Å²) < 4.78 is 0. The molecule has 0 aliphatic heterocycles. The van der Waals surface area contributed by atoms with Gasteiger partial charge >= 0.3 is 0 Å². The van der Waals surface area contributed by atoms with Crippen LogP contribution in [0.4, 0.5) is 0 Å². The van der Waals surface area contributed by atoms with Gasteiger partial charge in [0, 0.05) is 71.2 Å². The van der Waals surface area contributed by atoms with Crippen LogP contribution < -0.4 is 10.9 Å². The first-order chi connectivity index (χ1) is 30.6. The molecule has 0 spiro atoms. The van der Waals surface area contributed by atoms with Crippen molar-refractivity contribution < 1.29 is 38.4 Å². The molecule has 2 saturated carbocycles. The summed E-state index contributed by atoms with van der Waals surface area (Å²) in [6, 6.07) is 18.8. The molecule has 2 aliphatic rings. The number of aromatic nitrogens is 2. The summed E-state index contributed by atoms with van der Waals surface area (Å²) in [5, 5.41) is 4.18. The van der Waals surface area contributed by atoms with Crippen LogP contribution in [0.2, 0.25) is 0 Å². The smallest absolute Gasteiger partial charge is 0.255 e. The minimum Gasteiger partial charge on any atom is -0.352 e. The average Bonchev–Trinajstić information content (AvgIpc) is 4.09. The summed E-state index contributed by atoms with van der Waals surface area (Å²) in [4.78, 5) is 107. The summed E-state index contributed by atoms with van der Waals surface area (Å²) in [7, 11) is 0. The quantitative estimate of drug-likeness (QED) is 0.0441. The van der Waals surface area contributed by atoms with E-state index < -0.39 is 35.5 Å². The molecule has 344 valence electrons. The van der Waals surface area contributed by atoms with Gasteiger partial charge in [-0.15, -0.1) is 23.2 Å². The van der Waals surface area contributed by atoms with Crippen LogP contribution in [-0.4, -0.2) is 91.6 Å². The van der Waals surface area contributed by atoms with Crippen molar-refractivity contribution in [3.8, 4) is 0 Å². The lowest BCUT2D eigenvalue weighted by Crippen LogP contribution is -2.51. The van der Waals surface area contributed by atoms with E-state index in [0.717, 1.165) is 44.7 Å². The number of ketones is 4. The molecule has 0 saturated heterocycles. The molecule has 64 heavy (non-hydrogen) atoms. The molecule has 16 heteroatoms. The molecule has 14 nitrogen and oxygen atoms in total. The van der Waals surface area contributed by atoms with E-state index in [9.17, 15) is 38.4 Å². The molecule has 4 aromatic rings. The zero-order valence-corrected chi connectivity index (χ0v) is 38.6. The second-order valence-electron chi connectivity index (χ2n) is 17.8. The molecule has 2 fully saturated rings. The molecule has 6 rings (SSSR count). The highest BCUT2D eigenvalue weighted by Crippen LogP contribution is 2.26. The Labute approximate surface area is 383 Å². The van der Waals surface area contributed by atoms with Crippen molar-refractivity contribution in [3.05, 3.63) is 72.1 Å². The Bertz CT molecular complexity index is 2090. The maximum Gasteiger partial charge on any atom is 0.255 e. The second kappa shape index (κ2) is 23.5. The highest BCUT2D eigenvalue weighted by molar-refractivity contribution is 6.27. The highest BCUT2D eigenvalue weighted by Gasteiger charge is 2.33. The maximum atomic E-state index is 13.1. The topological polar surface area (TPSA) is 199 Å². The fraction of sp³-hybridized carbons (Fsp3) is 0.500. The molecule has 2 heterocycles. The lowest BCUT2D eigenvalue weighted by atomic mass is 9.91. The third-order valence-corrected chi connectivity index (χ3v) is 12.2. The largest absolute Gasteiger partial charge is 0.352 e. The van der Waals surface area contributed by atoms with Crippen molar-refractivity contribution in [2.24, 2.45) is 35.5 Å². The zero-order valence-electron chi connectivity index (χ0n) is 37.1. The summed E-state index contributed by atoms with van der Waals surface area (Å²) in [5.41, 5.74) is 7.94. The monoisotopic (exact) mass is 918 g/mol. The number of para-hydroxylation sites is 2. The van der Waals surface area contributed by atoms with Gasteiger partial charge in [-0.25, -0.2) is 0 Å². The van der Waals surface area contributed by atoms with Crippen molar-refractivity contribution >= 4 is 91.8 Å². The first-order valence-corrected chi connectivity index (χ1v) is 23.2. The number of nitrogens with zero attached hydrogens (tertiary/aromatic N) is 2. The van der Waals surface area contributed by atoms with Crippen LogP contribution in [0.25, 0.3) is 21.8 Å². The molecule has 4 atom stereocenters. The fourth-order valence-electron chi connectivity index (χ4n) is 8.43. The van der Waals surface area contributed by atoms with Crippen LogP contribution in [-0.2, 0) is 28.8 Å². The highest BCUT2D eigenvalue weighted by atomic mass is 35.5. The summed E-state index contributed by atoms with van der Waals surface area (Å²) >= 11 is 11.5. The number of hydrogen-bond donors (Lipinski definition) is 4. The van der Waals surface area contributed by atoms with Crippen LogP contribution in [0.5, 0.6) is 0 Å². The van der Waals surface area contributed by atoms with Gasteiger partial charge in [0.2, 0.25) is 11.8 Å². The SMILES string of the molecule is CC(C)C[C@H](CC(=O)c1cc2ccccc2[nH]1)C(=O)NN(C[C@@H]1CCCC1=O)C(=O)CCl.CC(C)C[C@H](CC(=O)c1cc2ccccc2[nH]1)C(=O)NN(C[C@H]1CCCC1=O)C(=O)CCl. The summed E-state index contributed by atoms with van der Waals surface area (Å²) in [5.74, 6) is -3.95. The fourth-order valence-corrected chi connectivity index (χ4v) is 8.72. The van der Waals surface area contributed by atoms with Gasteiger partial charge in [-0.2, -0.15) is 0 Å². The number of H-pyrrole nitrogens is 2.